The summed E-state index contributed by atoms with van der Waals surface area (Å²) in [5, 5.41) is 26.4. The third-order valence-corrected chi connectivity index (χ3v) is 4.91. The Hall–Kier alpha value is -2.77. The molecule has 13 nitrogen and oxygen atoms in total. The van der Waals surface area contributed by atoms with E-state index in [1.165, 1.54) is 6.92 Å². The van der Waals surface area contributed by atoms with Crippen LogP contribution in [0.4, 0.5) is 0 Å². The Morgan fingerprint density at radius 2 is 1.39 bits per heavy atom. The molecule has 5 atom stereocenters. The van der Waals surface area contributed by atoms with Crippen LogP contribution in [-0.2, 0) is 24.0 Å². The third kappa shape index (κ3) is 11.6. The fourth-order valence-electron chi connectivity index (χ4n) is 2.89. The van der Waals surface area contributed by atoms with Crippen LogP contribution < -0.4 is 33.2 Å². The lowest BCUT2D eigenvalue weighted by Crippen LogP contribution is -2.60. The largest absolute Gasteiger partial charge is 0.480 e. The van der Waals surface area contributed by atoms with E-state index in [4.69, 9.17) is 17.2 Å². The van der Waals surface area contributed by atoms with Crippen molar-refractivity contribution < 1.29 is 34.2 Å². The number of carbonyl (C=O) groups excluding carboxylic acids is 4. The minimum Gasteiger partial charge on any atom is -0.480 e. The first-order valence-corrected chi connectivity index (χ1v) is 10.9. The molecule has 0 aliphatic heterocycles. The Balaban J connectivity index is 5.26. The number of nitrogens with two attached hydrogens (primary N) is 3. The summed E-state index contributed by atoms with van der Waals surface area (Å²) in [4.78, 5) is 60.1. The Kier molecular flexibility index (Phi) is 13.9. The van der Waals surface area contributed by atoms with Crippen LogP contribution in [0.3, 0.4) is 0 Å². The van der Waals surface area contributed by atoms with Gasteiger partial charge in [-0.15, -0.1) is 0 Å². The van der Waals surface area contributed by atoms with Crippen molar-refractivity contribution in [2.45, 2.75) is 83.1 Å². The molecule has 0 aromatic rings. The predicted octanol–water partition coefficient (Wildman–Crippen LogP) is -2.72. The quantitative estimate of drug-likeness (QED) is 0.108. The van der Waals surface area contributed by atoms with Crippen LogP contribution in [-0.4, -0.2) is 76.6 Å². The number of rotatable bonds is 16. The Labute approximate surface area is 193 Å². The maximum Gasteiger partial charge on any atom is 0.326 e. The fourth-order valence-corrected chi connectivity index (χ4v) is 2.89. The van der Waals surface area contributed by atoms with E-state index < -0.39 is 65.8 Å². The molecule has 0 aromatic heterocycles. The molecule has 0 rings (SSSR count). The van der Waals surface area contributed by atoms with Gasteiger partial charge in [-0.05, 0) is 38.6 Å². The van der Waals surface area contributed by atoms with Gasteiger partial charge in [0.15, 0.2) is 0 Å². The number of carboxylic acids is 1. The van der Waals surface area contributed by atoms with Gasteiger partial charge in [0.2, 0.25) is 23.6 Å². The zero-order valence-corrected chi connectivity index (χ0v) is 19.4. The normalized spacial score (nSPS) is 15.6. The first-order chi connectivity index (χ1) is 15.3. The molecule has 190 valence electrons. The number of hydrogen-bond donors (Lipinski definition) is 8. The highest BCUT2D eigenvalue weighted by molar-refractivity contribution is 5.94. The van der Waals surface area contributed by atoms with Gasteiger partial charge in [0.1, 0.15) is 18.1 Å². The first kappa shape index (κ1) is 30.2. The highest BCUT2D eigenvalue weighted by Crippen LogP contribution is 2.07. The average Bonchev–Trinajstić information content (AvgIpc) is 2.71. The van der Waals surface area contributed by atoms with E-state index in [1.54, 1.807) is 13.8 Å². The van der Waals surface area contributed by atoms with Gasteiger partial charge in [0.25, 0.3) is 0 Å². The number of primary amides is 1. The van der Waals surface area contributed by atoms with Crippen molar-refractivity contribution in [3.05, 3.63) is 0 Å². The Bertz CT molecular complexity index is 686. The van der Waals surface area contributed by atoms with Crippen LogP contribution in [0, 0.1) is 5.92 Å². The lowest BCUT2D eigenvalue weighted by atomic mass is 10.0. The second kappa shape index (κ2) is 15.1. The van der Waals surface area contributed by atoms with Crippen molar-refractivity contribution in [3.8, 4) is 0 Å². The van der Waals surface area contributed by atoms with E-state index in [0.29, 0.717) is 25.8 Å². The molecule has 5 unspecified atom stereocenters. The third-order valence-electron chi connectivity index (χ3n) is 4.91. The van der Waals surface area contributed by atoms with Crippen LogP contribution >= 0.6 is 0 Å². The van der Waals surface area contributed by atoms with Gasteiger partial charge < -0.3 is 43.4 Å². The molecule has 33 heavy (non-hydrogen) atoms. The van der Waals surface area contributed by atoms with Crippen molar-refractivity contribution in [1.82, 2.24) is 16.0 Å². The standard InChI is InChI=1S/C20H38N6O7/c1-10(2)15(18(30)24-13(20(32)33)7-8-14(23)28)25-19(31)16(11(3)27)26-17(29)12(22)6-4-5-9-21/h10-13,15-16,27H,4-9,21-22H2,1-3H3,(H2,23,28)(H,24,30)(H,25,31)(H,26,29)(H,32,33). The van der Waals surface area contributed by atoms with Gasteiger partial charge >= 0.3 is 5.97 Å². The molecule has 0 bridgehead atoms. The van der Waals surface area contributed by atoms with E-state index in [-0.39, 0.29) is 12.8 Å². The van der Waals surface area contributed by atoms with Crippen LogP contribution in [0.15, 0.2) is 0 Å². The summed E-state index contributed by atoms with van der Waals surface area (Å²) in [5.41, 5.74) is 16.3. The van der Waals surface area contributed by atoms with E-state index in [0.717, 1.165) is 0 Å². The molecule has 4 amide bonds. The van der Waals surface area contributed by atoms with Crippen LogP contribution in [0.25, 0.3) is 0 Å². The van der Waals surface area contributed by atoms with Crippen molar-refractivity contribution in [2.75, 3.05) is 6.54 Å². The number of nitrogens with one attached hydrogen (secondary N) is 3. The molecule has 0 spiro atoms. The molecule has 0 radical (unpaired) electrons. The fraction of sp³-hybridized carbons (Fsp3) is 0.750. The molecule has 0 aromatic carbocycles. The van der Waals surface area contributed by atoms with Crippen LogP contribution in [0.5, 0.6) is 0 Å². The number of hydrogen-bond acceptors (Lipinski definition) is 8. The Morgan fingerprint density at radius 3 is 1.85 bits per heavy atom. The topological polar surface area (TPSA) is 240 Å². The van der Waals surface area contributed by atoms with Crippen molar-refractivity contribution in [1.29, 1.82) is 0 Å². The number of amides is 4. The molecule has 0 saturated heterocycles. The average molecular weight is 475 g/mol. The lowest BCUT2D eigenvalue weighted by Gasteiger charge is -2.28. The monoisotopic (exact) mass is 474 g/mol. The van der Waals surface area contributed by atoms with E-state index in [9.17, 15) is 34.2 Å². The Morgan fingerprint density at radius 1 is 0.848 bits per heavy atom. The van der Waals surface area contributed by atoms with Gasteiger partial charge in [-0.1, -0.05) is 20.3 Å². The first-order valence-electron chi connectivity index (χ1n) is 10.9. The van der Waals surface area contributed by atoms with Crippen LogP contribution in [0.1, 0.15) is 52.9 Å². The molecule has 11 N–H and O–H groups in total. The van der Waals surface area contributed by atoms with E-state index in [1.807, 2.05) is 0 Å². The minimum absolute atomic E-state index is 0.219. The summed E-state index contributed by atoms with van der Waals surface area (Å²) < 4.78 is 0. The van der Waals surface area contributed by atoms with Gasteiger partial charge in [-0.2, -0.15) is 0 Å². The highest BCUT2D eigenvalue weighted by atomic mass is 16.4. The number of carbonyl (C=O) groups is 5. The summed E-state index contributed by atoms with van der Waals surface area (Å²) in [5.74, 6) is -4.84. The molecular formula is C20H38N6O7. The van der Waals surface area contributed by atoms with Crippen LogP contribution in [0.2, 0.25) is 0 Å². The number of aliphatic hydroxyl groups excluding tert-OH is 1. The molecule has 0 fully saturated rings. The lowest BCUT2D eigenvalue weighted by molar-refractivity contribution is -0.143. The molecule has 13 heteroatoms. The summed E-state index contributed by atoms with van der Waals surface area (Å²) in [6, 6.07) is -4.86. The molecule has 0 heterocycles. The molecular weight excluding hydrogens is 436 g/mol. The second-order valence-electron chi connectivity index (χ2n) is 8.25. The number of aliphatic carboxylic acids is 1. The second-order valence-corrected chi connectivity index (χ2v) is 8.25. The highest BCUT2D eigenvalue weighted by Gasteiger charge is 2.33. The molecule has 0 aliphatic carbocycles. The maximum absolute atomic E-state index is 12.8. The number of unbranched alkanes of at least 4 members (excludes halogenated alkanes) is 1. The van der Waals surface area contributed by atoms with E-state index >= 15 is 0 Å². The van der Waals surface area contributed by atoms with Crippen molar-refractivity contribution in [3.63, 3.8) is 0 Å². The summed E-state index contributed by atoms with van der Waals surface area (Å²) in [6.45, 7) is 4.98. The van der Waals surface area contributed by atoms with Gasteiger partial charge in [0, 0.05) is 6.42 Å². The summed E-state index contributed by atoms with van der Waals surface area (Å²) in [7, 11) is 0. The number of carboxylic acid groups (broad SMARTS) is 1. The van der Waals surface area contributed by atoms with Gasteiger partial charge in [-0.25, -0.2) is 4.79 Å². The van der Waals surface area contributed by atoms with Crippen molar-refractivity contribution >= 4 is 29.6 Å². The van der Waals surface area contributed by atoms with Gasteiger partial charge in [-0.3, -0.25) is 19.2 Å². The zero-order chi connectivity index (χ0) is 25.7. The predicted molar refractivity (Wildman–Crippen MR) is 119 cm³/mol. The zero-order valence-electron chi connectivity index (χ0n) is 19.4. The maximum atomic E-state index is 12.8. The van der Waals surface area contributed by atoms with Crippen molar-refractivity contribution in [2.24, 2.45) is 23.1 Å². The SMILES string of the molecule is CC(C)C(NC(=O)C(NC(=O)C(N)CCCCN)C(C)O)C(=O)NC(CCC(N)=O)C(=O)O. The molecule has 0 saturated carbocycles. The molecule has 0 aliphatic rings. The summed E-state index contributed by atoms with van der Waals surface area (Å²) >= 11 is 0. The van der Waals surface area contributed by atoms with E-state index in [2.05, 4.69) is 16.0 Å². The smallest absolute Gasteiger partial charge is 0.326 e. The number of aliphatic hydroxyl groups is 1. The summed E-state index contributed by atoms with van der Waals surface area (Å²) in [6.07, 6.45) is -0.129. The minimum atomic E-state index is -1.39. The van der Waals surface area contributed by atoms with Gasteiger partial charge in [0.05, 0.1) is 12.1 Å².